The highest BCUT2D eigenvalue weighted by Gasteiger charge is 2.21. The molecule has 1 aliphatic carbocycles. The summed E-state index contributed by atoms with van der Waals surface area (Å²) in [6, 6.07) is 10.4. The zero-order valence-electron chi connectivity index (χ0n) is 19.1. The zero-order chi connectivity index (χ0) is 23.7. The van der Waals surface area contributed by atoms with Crippen molar-refractivity contribution in [3.63, 3.8) is 0 Å². The molecule has 1 saturated carbocycles. The van der Waals surface area contributed by atoms with Gasteiger partial charge in [-0.1, -0.05) is 5.16 Å². The number of nitrogens with zero attached hydrogens (tertiary/aromatic N) is 2. The van der Waals surface area contributed by atoms with Crippen molar-refractivity contribution in [2.75, 3.05) is 13.7 Å². The summed E-state index contributed by atoms with van der Waals surface area (Å²) in [5.41, 5.74) is 5.12. The highest BCUT2D eigenvalue weighted by molar-refractivity contribution is 5.85. The molecule has 5 rings (SSSR count). The summed E-state index contributed by atoms with van der Waals surface area (Å²) >= 11 is 0. The minimum atomic E-state index is -0.705. The molecule has 1 aliphatic rings. The lowest BCUT2D eigenvalue weighted by Crippen LogP contribution is -2.19. The van der Waals surface area contributed by atoms with Gasteiger partial charge >= 0.3 is 0 Å². The van der Waals surface area contributed by atoms with Crippen LogP contribution in [-0.2, 0) is 0 Å². The summed E-state index contributed by atoms with van der Waals surface area (Å²) in [6.45, 7) is 1.63. The number of furan rings is 1. The van der Waals surface area contributed by atoms with Gasteiger partial charge in [-0.05, 0) is 74.6 Å². The number of hydrogen-bond donors (Lipinski definition) is 3. The maximum Gasteiger partial charge on any atom is 0.258 e. The van der Waals surface area contributed by atoms with Gasteiger partial charge in [0.2, 0.25) is 5.82 Å². The van der Waals surface area contributed by atoms with Crippen LogP contribution in [0, 0.1) is 6.92 Å². The van der Waals surface area contributed by atoms with E-state index in [1.165, 1.54) is 12.8 Å². The van der Waals surface area contributed by atoms with Crippen molar-refractivity contribution in [3.8, 4) is 34.3 Å². The Morgan fingerprint density at radius 1 is 1.15 bits per heavy atom. The average molecular weight is 466 g/mol. The molecule has 1 atom stereocenters. The molecule has 0 amide bonds. The van der Waals surface area contributed by atoms with Crippen molar-refractivity contribution in [2.45, 2.75) is 44.8 Å². The number of aryl methyl sites for hydroxylation is 1. The Bertz CT molecular complexity index is 1290. The summed E-state index contributed by atoms with van der Waals surface area (Å²) < 4.78 is 23.0. The van der Waals surface area contributed by atoms with Crippen molar-refractivity contribution in [2.24, 2.45) is 0 Å². The third-order valence-corrected chi connectivity index (χ3v) is 6.24. The number of hydrogen-bond acceptors (Lipinski definition) is 9. The molecule has 0 aliphatic heterocycles. The summed E-state index contributed by atoms with van der Waals surface area (Å²) in [4.78, 5) is 4.62. The molecule has 178 valence electrons. The maximum absolute atomic E-state index is 9.40. The lowest BCUT2D eigenvalue weighted by atomic mass is 10.1. The van der Waals surface area contributed by atoms with Crippen LogP contribution in [0.25, 0.3) is 33.8 Å². The largest absolute Gasteiger partial charge is 0.493 e. The molecule has 3 N–H and O–H groups in total. The van der Waals surface area contributed by atoms with Crippen LogP contribution >= 0.6 is 0 Å². The summed E-state index contributed by atoms with van der Waals surface area (Å²) in [5.74, 6) is 2.60. The smallest absolute Gasteiger partial charge is 0.258 e. The van der Waals surface area contributed by atoms with E-state index in [2.05, 4.69) is 10.1 Å². The van der Waals surface area contributed by atoms with Crippen molar-refractivity contribution < 1.29 is 28.7 Å². The van der Waals surface area contributed by atoms with E-state index in [0.29, 0.717) is 34.6 Å². The molecule has 1 fully saturated rings. The molecule has 2 aromatic heterocycles. The molecule has 9 nitrogen and oxygen atoms in total. The lowest BCUT2D eigenvalue weighted by Gasteiger charge is -2.16. The van der Waals surface area contributed by atoms with Gasteiger partial charge in [-0.15, -0.1) is 0 Å². The summed E-state index contributed by atoms with van der Waals surface area (Å²) in [5, 5.41) is 23.6. The van der Waals surface area contributed by atoms with Gasteiger partial charge in [0.05, 0.1) is 19.8 Å². The second-order valence-corrected chi connectivity index (χ2v) is 8.53. The molecule has 34 heavy (non-hydrogen) atoms. The molecular formula is C25H27N3O6. The maximum atomic E-state index is 9.40. The first-order chi connectivity index (χ1) is 16.6. The number of aliphatic hydroxyl groups excluding tert-OH is 1. The molecule has 0 radical (unpaired) electrons. The van der Waals surface area contributed by atoms with E-state index in [1.807, 2.05) is 42.7 Å². The minimum absolute atomic E-state index is 0.197. The van der Waals surface area contributed by atoms with Crippen LogP contribution in [0.3, 0.4) is 0 Å². The quantitative estimate of drug-likeness (QED) is 0.315. The molecule has 2 aromatic carbocycles. The second-order valence-electron chi connectivity index (χ2n) is 8.53. The van der Waals surface area contributed by atoms with Gasteiger partial charge in [0, 0.05) is 16.5 Å². The second kappa shape index (κ2) is 9.46. The Balaban J connectivity index is 1.46. The van der Waals surface area contributed by atoms with E-state index in [1.54, 1.807) is 13.2 Å². The van der Waals surface area contributed by atoms with Crippen LogP contribution < -0.4 is 15.0 Å². The van der Waals surface area contributed by atoms with E-state index < -0.39 is 6.04 Å². The predicted octanol–water partition coefficient (Wildman–Crippen LogP) is 4.80. The number of aromatic nitrogens is 2. The Kier molecular flexibility index (Phi) is 6.23. The molecule has 1 unspecified atom stereocenters. The number of methoxy groups -OCH3 is 1. The fraction of sp³-hybridized carbons (Fsp3) is 0.360. The van der Waals surface area contributed by atoms with Crippen LogP contribution in [0.2, 0.25) is 0 Å². The van der Waals surface area contributed by atoms with Gasteiger partial charge < -0.3 is 28.7 Å². The van der Waals surface area contributed by atoms with E-state index in [-0.39, 0.29) is 12.7 Å². The van der Waals surface area contributed by atoms with E-state index >= 15 is 0 Å². The average Bonchev–Trinajstić information content (AvgIpc) is 3.60. The standard InChI is InChI=1S/C25H27N3O6/c1-14-9-21-16(12-22(33-21)19(13-29)27-30)10-18(14)24-26-25(34-28-24)15-7-8-20(31-2)23(11-15)32-17-5-3-4-6-17/h7-12,17,19,27,29-30H,3-6,13H2,1-2H3. The number of aliphatic hydroxyl groups is 1. The van der Waals surface area contributed by atoms with Crippen LogP contribution in [0.4, 0.5) is 0 Å². The number of benzene rings is 2. The lowest BCUT2D eigenvalue weighted by molar-refractivity contribution is 0.0810. The first-order valence-corrected chi connectivity index (χ1v) is 11.3. The monoisotopic (exact) mass is 465 g/mol. The number of ether oxygens (including phenoxy) is 2. The van der Waals surface area contributed by atoms with Gasteiger partial charge in [-0.25, -0.2) is 0 Å². The number of rotatable bonds is 8. The summed E-state index contributed by atoms with van der Waals surface area (Å²) in [7, 11) is 1.63. The molecule has 2 heterocycles. The van der Waals surface area contributed by atoms with Crippen LogP contribution in [0.1, 0.15) is 43.0 Å². The fourth-order valence-electron chi connectivity index (χ4n) is 4.35. The Labute approximate surface area is 196 Å². The van der Waals surface area contributed by atoms with Gasteiger partial charge in [0.15, 0.2) is 11.5 Å². The molecule has 4 aromatic rings. The Hall–Kier alpha value is -3.40. The number of hydroxylamine groups is 1. The number of nitrogens with one attached hydrogen (secondary N) is 1. The van der Waals surface area contributed by atoms with E-state index in [9.17, 15) is 10.3 Å². The molecule has 0 bridgehead atoms. The van der Waals surface area contributed by atoms with Crippen LogP contribution in [0.5, 0.6) is 11.5 Å². The summed E-state index contributed by atoms with van der Waals surface area (Å²) in [6.07, 6.45) is 4.65. The Morgan fingerprint density at radius 2 is 1.97 bits per heavy atom. The minimum Gasteiger partial charge on any atom is -0.493 e. The highest BCUT2D eigenvalue weighted by Crippen LogP contribution is 2.36. The van der Waals surface area contributed by atoms with Crippen molar-refractivity contribution in [1.82, 2.24) is 15.6 Å². The normalized spacial score (nSPS) is 15.2. The predicted molar refractivity (Wildman–Crippen MR) is 124 cm³/mol. The molecule has 0 spiro atoms. The first-order valence-electron chi connectivity index (χ1n) is 11.3. The highest BCUT2D eigenvalue weighted by atomic mass is 16.5. The van der Waals surface area contributed by atoms with Gasteiger partial charge in [0.25, 0.3) is 5.89 Å². The van der Waals surface area contributed by atoms with Crippen LogP contribution in [0.15, 0.2) is 45.3 Å². The van der Waals surface area contributed by atoms with Crippen molar-refractivity contribution in [3.05, 3.63) is 47.7 Å². The van der Waals surface area contributed by atoms with Gasteiger partial charge in [-0.2, -0.15) is 10.5 Å². The van der Waals surface area contributed by atoms with Gasteiger partial charge in [0.1, 0.15) is 17.4 Å². The molecule has 0 saturated heterocycles. The van der Waals surface area contributed by atoms with Gasteiger partial charge in [-0.3, -0.25) is 0 Å². The molecule has 9 heteroatoms. The third-order valence-electron chi connectivity index (χ3n) is 6.24. The van der Waals surface area contributed by atoms with Crippen molar-refractivity contribution >= 4 is 11.0 Å². The number of fused-ring (bicyclic) bond motifs is 1. The van der Waals surface area contributed by atoms with E-state index in [4.69, 9.17) is 18.4 Å². The first kappa shape index (κ1) is 22.4. The fourth-order valence-corrected chi connectivity index (χ4v) is 4.35. The topological polar surface area (TPSA) is 123 Å². The van der Waals surface area contributed by atoms with E-state index in [0.717, 1.165) is 34.9 Å². The molecular weight excluding hydrogens is 438 g/mol. The zero-order valence-corrected chi connectivity index (χ0v) is 19.1. The SMILES string of the molecule is COc1ccc(-c2nc(-c3cc4cc(C(CO)NO)oc4cc3C)no2)cc1OC1CCCC1. The van der Waals surface area contributed by atoms with Crippen molar-refractivity contribution in [1.29, 1.82) is 0 Å². The third kappa shape index (κ3) is 4.25. The van der Waals surface area contributed by atoms with Crippen LogP contribution in [-0.4, -0.2) is 40.3 Å². The Morgan fingerprint density at radius 3 is 2.71 bits per heavy atom.